The van der Waals surface area contributed by atoms with Crippen LogP contribution in [0.15, 0.2) is 24.3 Å². The zero-order valence-electron chi connectivity index (χ0n) is 15.0. The summed E-state index contributed by atoms with van der Waals surface area (Å²) in [5, 5.41) is 0. The average molecular weight is 333 g/mol. The van der Waals surface area contributed by atoms with Crippen LogP contribution in [0.3, 0.4) is 0 Å². The molecule has 0 bridgehead atoms. The second kappa shape index (κ2) is 6.37. The number of amides is 1. The molecular formula is C19H27NO4. The van der Waals surface area contributed by atoms with Crippen molar-refractivity contribution < 1.29 is 19.0 Å². The molecule has 2 fully saturated rings. The van der Waals surface area contributed by atoms with Crippen molar-refractivity contribution in [1.82, 2.24) is 4.90 Å². The highest BCUT2D eigenvalue weighted by Crippen LogP contribution is 2.37. The van der Waals surface area contributed by atoms with Gasteiger partial charge in [0.15, 0.2) is 12.4 Å². The van der Waals surface area contributed by atoms with Crippen LogP contribution >= 0.6 is 0 Å². The van der Waals surface area contributed by atoms with Crippen LogP contribution in [-0.4, -0.2) is 49.5 Å². The Morgan fingerprint density at radius 2 is 1.75 bits per heavy atom. The van der Waals surface area contributed by atoms with Gasteiger partial charge in [-0.3, -0.25) is 4.79 Å². The lowest BCUT2D eigenvalue weighted by molar-refractivity contribution is -0.303. The van der Waals surface area contributed by atoms with E-state index in [1.54, 1.807) is 0 Å². The Labute approximate surface area is 143 Å². The Morgan fingerprint density at radius 3 is 2.29 bits per heavy atom. The smallest absolute Gasteiger partial charge is 0.260 e. The third-order valence-corrected chi connectivity index (χ3v) is 4.77. The number of likely N-dealkylation sites (tertiary alicyclic amines) is 1. The SMILES string of the molecule is CC(C)c1ccc(OCC(=O)N2CC3(COC(C)(C)OC3)C2)cc1. The summed E-state index contributed by atoms with van der Waals surface area (Å²) >= 11 is 0. The molecule has 5 heteroatoms. The van der Waals surface area contributed by atoms with Crippen LogP contribution < -0.4 is 4.74 Å². The van der Waals surface area contributed by atoms with E-state index >= 15 is 0 Å². The highest BCUT2D eigenvalue weighted by molar-refractivity contribution is 5.78. The quantitative estimate of drug-likeness (QED) is 0.850. The minimum absolute atomic E-state index is 0.0124. The fraction of sp³-hybridized carbons (Fsp3) is 0.632. The van der Waals surface area contributed by atoms with E-state index in [0.717, 1.165) is 5.75 Å². The van der Waals surface area contributed by atoms with Gasteiger partial charge in [-0.1, -0.05) is 26.0 Å². The molecule has 24 heavy (non-hydrogen) atoms. The molecule has 1 spiro atoms. The molecule has 0 radical (unpaired) electrons. The average Bonchev–Trinajstić information content (AvgIpc) is 2.51. The second-order valence-electron chi connectivity index (χ2n) is 7.74. The standard InChI is InChI=1S/C19H27NO4/c1-14(2)15-5-7-16(8-6-15)22-9-17(21)20-10-19(11-20)12-23-18(3,4)24-13-19/h5-8,14H,9-13H2,1-4H3. The molecule has 2 aliphatic heterocycles. The van der Waals surface area contributed by atoms with Crippen molar-refractivity contribution >= 4 is 5.91 Å². The minimum Gasteiger partial charge on any atom is -0.484 e. The number of carbonyl (C=O) groups excluding carboxylic acids is 1. The molecule has 1 amide bonds. The van der Waals surface area contributed by atoms with Gasteiger partial charge in [0.1, 0.15) is 5.75 Å². The summed E-state index contributed by atoms with van der Waals surface area (Å²) in [5.41, 5.74) is 1.22. The maximum atomic E-state index is 12.2. The van der Waals surface area contributed by atoms with Gasteiger partial charge in [0.05, 0.1) is 18.6 Å². The van der Waals surface area contributed by atoms with Crippen LogP contribution in [0.4, 0.5) is 0 Å². The van der Waals surface area contributed by atoms with Gasteiger partial charge >= 0.3 is 0 Å². The monoisotopic (exact) mass is 333 g/mol. The maximum Gasteiger partial charge on any atom is 0.260 e. The van der Waals surface area contributed by atoms with Gasteiger partial charge in [0, 0.05) is 13.1 Å². The predicted molar refractivity (Wildman–Crippen MR) is 91.0 cm³/mol. The van der Waals surface area contributed by atoms with Crippen molar-refractivity contribution in [2.75, 3.05) is 32.9 Å². The Hall–Kier alpha value is -1.59. The molecule has 2 aliphatic rings. The van der Waals surface area contributed by atoms with Crippen molar-refractivity contribution in [3.63, 3.8) is 0 Å². The van der Waals surface area contributed by atoms with Crippen LogP contribution in [0, 0.1) is 5.41 Å². The molecule has 0 unspecified atom stereocenters. The Morgan fingerprint density at radius 1 is 1.17 bits per heavy atom. The van der Waals surface area contributed by atoms with Crippen molar-refractivity contribution in [2.45, 2.75) is 39.4 Å². The van der Waals surface area contributed by atoms with E-state index in [0.29, 0.717) is 32.2 Å². The Balaban J connectivity index is 1.44. The molecule has 1 aromatic carbocycles. The molecule has 3 rings (SSSR count). The van der Waals surface area contributed by atoms with Crippen molar-refractivity contribution in [1.29, 1.82) is 0 Å². The van der Waals surface area contributed by atoms with E-state index in [-0.39, 0.29) is 17.9 Å². The van der Waals surface area contributed by atoms with Crippen LogP contribution in [0.25, 0.3) is 0 Å². The number of benzene rings is 1. The summed E-state index contributed by atoms with van der Waals surface area (Å²) in [6, 6.07) is 7.93. The highest BCUT2D eigenvalue weighted by atomic mass is 16.7. The van der Waals surface area contributed by atoms with E-state index in [9.17, 15) is 4.79 Å². The molecule has 0 saturated carbocycles. The maximum absolute atomic E-state index is 12.2. The molecule has 0 atom stereocenters. The summed E-state index contributed by atoms with van der Waals surface area (Å²) < 4.78 is 17.1. The Kier molecular flexibility index (Phi) is 4.58. The zero-order chi connectivity index (χ0) is 17.4. The lowest BCUT2D eigenvalue weighted by Gasteiger charge is -2.53. The van der Waals surface area contributed by atoms with Gasteiger partial charge in [-0.25, -0.2) is 0 Å². The number of ether oxygens (including phenoxy) is 3. The minimum atomic E-state index is -0.513. The third-order valence-electron chi connectivity index (χ3n) is 4.77. The number of rotatable bonds is 4. The van der Waals surface area contributed by atoms with Crippen LogP contribution in [0.1, 0.15) is 39.2 Å². The van der Waals surface area contributed by atoms with Gasteiger partial charge in [-0.15, -0.1) is 0 Å². The van der Waals surface area contributed by atoms with Gasteiger partial charge in [-0.05, 0) is 37.5 Å². The van der Waals surface area contributed by atoms with Crippen molar-refractivity contribution in [3.8, 4) is 5.75 Å². The lowest BCUT2D eigenvalue weighted by atomic mass is 9.80. The normalized spacial score (nSPS) is 21.6. The van der Waals surface area contributed by atoms with Gasteiger partial charge in [0.2, 0.25) is 0 Å². The third kappa shape index (κ3) is 3.73. The zero-order valence-corrected chi connectivity index (χ0v) is 15.0. The van der Waals surface area contributed by atoms with Crippen LogP contribution in [0.2, 0.25) is 0 Å². The lowest BCUT2D eigenvalue weighted by Crippen LogP contribution is -2.66. The molecule has 2 heterocycles. The number of hydrogen-bond donors (Lipinski definition) is 0. The van der Waals surface area contributed by atoms with E-state index < -0.39 is 5.79 Å². The molecule has 2 saturated heterocycles. The summed E-state index contributed by atoms with van der Waals surface area (Å²) in [4.78, 5) is 14.1. The van der Waals surface area contributed by atoms with Gasteiger partial charge in [0.25, 0.3) is 5.91 Å². The van der Waals surface area contributed by atoms with Crippen molar-refractivity contribution in [3.05, 3.63) is 29.8 Å². The van der Waals surface area contributed by atoms with Gasteiger partial charge < -0.3 is 19.1 Å². The number of hydrogen-bond acceptors (Lipinski definition) is 4. The topological polar surface area (TPSA) is 48.0 Å². The first kappa shape index (κ1) is 17.2. The summed E-state index contributed by atoms with van der Waals surface area (Å²) in [7, 11) is 0. The van der Waals surface area contributed by atoms with Crippen LogP contribution in [0.5, 0.6) is 5.75 Å². The first-order chi connectivity index (χ1) is 11.3. The molecule has 5 nitrogen and oxygen atoms in total. The van der Waals surface area contributed by atoms with E-state index in [4.69, 9.17) is 14.2 Å². The number of nitrogens with zero attached hydrogens (tertiary/aromatic N) is 1. The molecule has 0 aliphatic carbocycles. The molecular weight excluding hydrogens is 306 g/mol. The Bertz CT molecular complexity index is 576. The van der Waals surface area contributed by atoms with Crippen LogP contribution in [-0.2, 0) is 14.3 Å². The molecule has 1 aromatic rings. The number of carbonyl (C=O) groups is 1. The fourth-order valence-electron chi connectivity index (χ4n) is 3.04. The second-order valence-corrected chi connectivity index (χ2v) is 7.74. The highest BCUT2D eigenvalue weighted by Gasteiger charge is 2.50. The van der Waals surface area contributed by atoms with Gasteiger partial charge in [-0.2, -0.15) is 0 Å². The van der Waals surface area contributed by atoms with E-state index in [1.165, 1.54) is 5.56 Å². The van der Waals surface area contributed by atoms with E-state index in [2.05, 4.69) is 13.8 Å². The predicted octanol–water partition coefficient (Wildman–Crippen LogP) is 2.80. The van der Waals surface area contributed by atoms with Crippen molar-refractivity contribution in [2.24, 2.45) is 5.41 Å². The molecule has 0 aromatic heterocycles. The molecule has 0 N–H and O–H groups in total. The summed E-state index contributed by atoms with van der Waals surface area (Å²) in [6.07, 6.45) is 0. The summed E-state index contributed by atoms with van der Waals surface area (Å²) in [6.45, 7) is 10.8. The molecule has 132 valence electrons. The fourth-order valence-corrected chi connectivity index (χ4v) is 3.04. The largest absolute Gasteiger partial charge is 0.484 e. The summed E-state index contributed by atoms with van der Waals surface area (Å²) in [5.74, 6) is 0.719. The first-order valence-corrected chi connectivity index (χ1v) is 8.57. The first-order valence-electron chi connectivity index (χ1n) is 8.57. The van der Waals surface area contributed by atoms with E-state index in [1.807, 2.05) is 43.0 Å².